The van der Waals surface area contributed by atoms with Crippen molar-refractivity contribution in [1.82, 2.24) is 0 Å². The molecule has 0 saturated heterocycles. The summed E-state index contributed by atoms with van der Waals surface area (Å²) in [6.07, 6.45) is 1.17. The highest BCUT2D eigenvalue weighted by Crippen LogP contribution is 2.11. The fourth-order valence-corrected chi connectivity index (χ4v) is 1.20. The van der Waals surface area contributed by atoms with E-state index in [1.807, 2.05) is 12.1 Å². The first-order chi connectivity index (χ1) is 7.13. The first-order valence-electron chi connectivity index (χ1n) is 3.99. The van der Waals surface area contributed by atoms with Crippen LogP contribution in [-0.4, -0.2) is 11.1 Å². The normalized spacial score (nSPS) is 10.5. The fraction of sp³-hybridized carbons (Fsp3) is 0. The molecule has 0 aliphatic rings. The summed E-state index contributed by atoms with van der Waals surface area (Å²) in [7, 11) is 0. The number of carboxylic acid groups (broad SMARTS) is 1. The lowest BCUT2D eigenvalue weighted by Gasteiger charge is -2.00. The van der Waals surface area contributed by atoms with Crippen LogP contribution in [0.4, 0.5) is 5.69 Å². The number of hydrogen-bond donors (Lipinski definition) is 2. The lowest BCUT2D eigenvalue weighted by molar-refractivity contribution is -0.132. The second-order valence-corrected chi connectivity index (χ2v) is 3.87. The van der Waals surface area contributed by atoms with Crippen molar-refractivity contribution in [2.24, 2.45) is 0 Å². The van der Waals surface area contributed by atoms with Gasteiger partial charge in [-0.3, -0.25) is 0 Å². The van der Waals surface area contributed by atoms with Crippen LogP contribution >= 0.6 is 22.6 Å². The minimum atomic E-state index is -1.24. The molecule has 0 aromatic heterocycles. The van der Waals surface area contributed by atoms with Gasteiger partial charge in [0.15, 0.2) is 5.57 Å². The number of nitriles is 1. The van der Waals surface area contributed by atoms with Crippen LogP contribution < -0.4 is 5.32 Å². The Balaban J connectivity index is 2.76. The van der Waals surface area contributed by atoms with Gasteiger partial charge < -0.3 is 10.4 Å². The Kier molecular flexibility index (Phi) is 4.12. The van der Waals surface area contributed by atoms with E-state index in [4.69, 9.17) is 10.4 Å². The topological polar surface area (TPSA) is 73.1 Å². The number of carbonyl (C=O) groups is 1. The van der Waals surface area contributed by atoms with E-state index in [1.54, 1.807) is 18.2 Å². The number of carboxylic acids is 1. The molecule has 76 valence electrons. The highest BCUT2D eigenvalue weighted by molar-refractivity contribution is 14.1. The molecule has 0 saturated carbocycles. The van der Waals surface area contributed by atoms with Crippen LogP contribution in [0, 0.1) is 14.9 Å². The molecule has 1 aromatic carbocycles. The second-order valence-electron chi connectivity index (χ2n) is 2.63. The minimum Gasteiger partial charge on any atom is -0.477 e. The van der Waals surface area contributed by atoms with Crippen LogP contribution in [0.1, 0.15) is 0 Å². The number of halogens is 1. The van der Waals surface area contributed by atoms with Crippen molar-refractivity contribution in [3.05, 3.63) is 39.6 Å². The van der Waals surface area contributed by atoms with Gasteiger partial charge in [0.05, 0.1) is 0 Å². The molecular weight excluding hydrogens is 307 g/mol. The van der Waals surface area contributed by atoms with Crippen LogP contribution in [-0.2, 0) is 4.79 Å². The average Bonchev–Trinajstić information content (AvgIpc) is 2.21. The summed E-state index contributed by atoms with van der Waals surface area (Å²) in [5.74, 6) is -1.24. The first kappa shape index (κ1) is 11.5. The summed E-state index contributed by atoms with van der Waals surface area (Å²) in [6.45, 7) is 0. The van der Waals surface area contributed by atoms with Crippen LogP contribution in [0.2, 0.25) is 0 Å². The molecule has 0 bridgehead atoms. The molecular formula is C10H7IN2O2. The molecule has 0 spiro atoms. The standard InChI is InChI=1S/C10H7IN2O2/c11-8-1-3-9(4-2-8)13-6-7(5-12)10(14)15/h1-4,6,13H,(H,14,15)/b7-6+. The van der Waals surface area contributed by atoms with E-state index in [9.17, 15) is 4.79 Å². The zero-order chi connectivity index (χ0) is 11.3. The van der Waals surface area contributed by atoms with Crippen molar-refractivity contribution in [1.29, 1.82) is 5.26 Å². The SMILES string of the molecule is N#C/C(=C\Nc1ccc(I)cc1)C(=O)O. The van der Waals surface area contributed by atoms with E-state index in [-0.39, 0.29) is 5.57 Å². The highest BCUT2D eigenvalue weighted by atomic mass is 127. The molecule has 15 heavy (non-hydrogen) atoms. The largest absolute Gasteiger partial charge is 0.477 e. The maximum Gasteiger partial charge on any atom is 0.347 e. The summed E-state index contributed by atoms with van der Waals surface area (Å²) < 4.78 is 1.08. The number of rotatable bonds is 3. The third kappa shape index (κ3) is 3.59. The fourth-order valence-electron chi connectivity index (χ4n) is 0.843. The Morgan fingerprint density at radius 2 is 2.07 bits per heavy atom. The van der Waals surface area contributed by atoms with Gasteiger partial charge in [0.25, 0.3) is 0 Å². The summed E-state index contributed by atoms with van der Waals surface area (Å²) in [4.78, 5) is 10.5. The smallest absolute Gasteiger partial charge is 0.347 e. The van der Waals surface area contributed by atoms with E-state index in [2.05, 4.69) is 27.9 Å². The molecule has 0 aliphatic carbocycles. The minimum absolute atomic E-state index is 0.325. The van der Waals surface area contributed by atoms with Gasteiger partial charge in [0.1, 0.15) is 6.07 Å². The molecule has 0 amide bonds. The van der Waals surface area contributed by atoms with Crippen LogP contribution in [0.5, 0.6) is 0 Å². The lowest BCUT2D eigenvalue weighted by Crippen LogP contribution is -2.01. The van der Waals surface area contributed by atoms with Crippen molar-refractivity contribution in [3.8, 4) is 6.07 Å². The Morgan fingerprint density at radius 1 is 1.47 bits per heavy atom. The number of hydrogen-bond acceptors (Lipinski definition) is 3. The van der Waals surface area contributed by atoms with Crippen LogP contribution in [0.25, 0.3) is 0 Å². The summed E-state index contributed by atoms with van der Waals surface area (Å²) in [5, 5.41) is 19.8. The van der Waals surface area contributed by atoms with Crippen molar-refractivity contribution in [3.63, 3.8) is 0 Å². The molecule has 0 radical (unpaired) electrons. The Labute approximate surface area is 100 Å². The molecule has 0 atom stereocenters. The number of anilines is 1. The lowest BCUT2D eigenvalue weighted by atomic mass is 10.3. The van der Waals surface area contributed by atoms with E-state index in [0.29, 0.717) is 0 Å². The second kappa shape index (κ2) is 5.36. The van der Waals surface area contributed by atoms with Gasteiger partial charge in [-0.1, -0.05) is 0 Å². The quantitative estimate of drug-likeness (QED) is 0.510. The summed E-state index contributed by atoms with van der Waals surface area (Å²) >= 11 is 2.17. The number of nitrogens with zero attached hydrogens (tertiary/aromatic N) is 1. The Hall–Kier alpha value is -1.55. The van der Waals surface area contributed by atoms with Gasteiger partial charge in [-0.15, -0.1) is 0 Å². The van der Waals surface area contributed by atoms with Gasteiger partial charge in [-0.05, 0) is 46.9 Å². The van der Waals surface area contributed by atoms with Gasteiger partial charge in [-0.2, -0.15) is 5.26 Å². The van der Waals surface area contributed by atoms with Gasteiger partial charge in [-0.25, -0.2) is 4.79 Å². The van der Waals surface area contributed by atoms with E-state index in [1.165, 1.54) is 6.20 Å². The first-order valence-corrected chi connectivity index (χ1v) is 5.07. The third-order valence-corrected chi connectivity index (χ3v) is 2.30. The molecule has 0 fully saturated rings. The highest BCUT2D eigenvalue weighted by Gasteiger charge is 2.04. The zero-order valence-corrected chi connectivity index (χ0v) is 9.72. The molecule has 0 aliphatic heterocycles. The van der Waals surface area contributed by atoms with Crippen molar-refractivity contribution in [2.75, 3.05) is 5.32 Å². The predicted molar refractivity (Wildman–Crippen MR) is 64.1 cm³/mol. The molecule has 5 heteroatoms. The van der Waals surface area contributed by atoms with Crippen molar-refractivity contribution < 1.29 is 9.90 Å². The monoisotopic (exact) mass is 314 g/mol. The van der Waals surface area contributed by atoms with E-state index >= 15 is 0 Å². The van der Waals surface area contributed by atoms with Gasteiger partial charge in [0, 0.05) is 15.5 Å². The maximum atomic E-state index is 10.5. The molecule has 1 rings (SSSR count). The number of aliphatic carboxylic acids is 1. The molecule has 0 heterocycles. The van der Waals surface area contributed by atoms with Gasteiger partial charge in [0.2, 0.25) is 0 Å². The average molecular weight is 314 g/mol. The summed E-state index contributed by atoms with van der Waals surface area (Å²) in [5.41, 5.74) is 0.415. The molecule has 2 N–H and O–H groups in total. The maximum absolute atomic E-state index is 10.5. The predicted octanol–water partition coefficient (Wildman–Crippen LogP) is 2.20. The third-order valence-electron chi connectivity index (χ3n) is 1.58. The van der Waals surface area contributed by atoms with E-state index < -0.39 is 5.97 Å². The summed E-state index contributed by atoms with van der Waals surface area (Å²) in [6, 6.07) is 8.94. The number of nitrogens with one attached hydrogen (secondary N) is 1. The number of benzene rings is 1. The Morgan fingerprint density at radius 3 is 2.53 bits per heavy atom. The van der Waals surface area contributed by atoms with Crippen molar-refractivity contribution >= 4 is 34.2 Å². The van der Waals surface area contributed by atoms with E-state index in [0.717, 1.165) is 9.26 Å². The van der Waals surface area contributed by atoms with Gasteiger partial charge >= 0.3 is 5.97 Å². The zero-order valence-electron chi connectivity index (χ0n) is 7.57. The molecule has 0 unspecified atom stereocenters. The molecule has 1 aromatic rings. The van der Waals surface area contributed by atoms with Crippen LogP contribution in [0.3, 0.4) is 0 Å². The Bertz CT molecular complexity index is 432. The van der Waals surface area contributed by atoms with Crippen molar-refractivity contribution in [2.45, 2.75) is 0 Å². The molecule has 4 nitrogen and oxygen atoms in total. The van der Waals surface area contributed by atoms with Crippen LogP contribution in [0.15, 0.2) is 36.0 Å².